The van der Waals surface area contributed by atoms with Crippen LogP contribution in [0, 0.1) is 6.92 Å². The van der Waals surface area contributed by atoms with Crippen molar-refractivity contribution < 1.29 is 9.53 Å². The lowest BCUT2D eigenvalue weighted by Gasteiger charge is -2.12. The number of benzene rings is 1. The average molecular weight is 478 g/mol. The number of nitrogens with zero attached hydrogens (tertiary/aromatic N) is 3. The molecule has 0 aliphatic heterocycles. The first-order chi connectivity index (χ1) is 17.0. The number of carbonyl (C=O) groups excluding carboxylic acids is 1. The molecule has 1 saturated carbocycles. The fraction of sp³-hybridized carbons (Fsp3) is 0.429. The highest BCUT2D eigenvalue weighted by Crippen LogP contribution is 2.39. The van der Waals surface area contributed by atoms with Gasteiger partial charge in [0.05, 0.1) is 12.8 Å². The van der Waals surface area contributed by atoms with E-state index in [1.807, 2.05) is 25.5 Å². The van der Waals surface area contributed by atoms with E-state index < -0.39 is 0 Å². The molecule has 35 heavy (non-hydrogen) atoms. The lowest BCUT2D eigenvalue weighted by Crippen LogP contribution is -2.25. The summed E-state index contributed by atoms with van der Waals surface area (Å²) in [6.07, 6.45) is 14.0. The number of allylic oxidation sites excluding steroid dienone is 3. The number of carbonyl (C=O) groups is 1. The second-order valence-corrected chi connectivity index (χ2v) is 8.62. The van der Waals surface area contributed by atoms with Gasteiger partial charge in [-0.3, -0.25) is 9.79 Å². The summed E-state index contributed by atoms with van der Waals surface area (Å²) in [5.74, 6) is 0.643. The highest BCUT2D eigenvalue weighted by Gasteiger charge is 2.23. The Labute approximate surface area is 209 Å². The summed E-state index contributed by atoms with van der Waals surface area (Å²) in [7, 11) is 3.65. The Balaban J connectivity index is 0.000000322. The molecule has 188 valence electrons. The number of anilines is 1. The molecule has 1 atom stereocenters. The number of aliphatic imine (C=N–C) groups is 1. The Morgan fingerprint density at radius 2 is 2.11 bits per heavy atom. The number of aromatic nitrogens is 2. The Bertz CT molecular complexity index is 1010. The lowest BCUT2D eigenvalue weighted by molar-refractivity contribution is 0.111. The van der Waals surface area contributed by atoms with Gasteiger partial charge >= 0.3 is 0 Å². The van der Waals surface area contributed by atoms with Crippen LogP contribution in [0.15, 0.2) is 53.8 Å². The predicted molar refractivity (Wildman–Crippen MR) is 145 cm³/mol. The number of hydrogen-bond acceptors (Lipinski definition) is 7. The number of aryl methyl sites for hydroxylation is 1. The summed E-state index contributed by atoms with van der Waals surface area (Å²) < 4.78 is 5.15. The standard InChI is InChI=1S/C20H31N3O.C8H8N2O/c1-6-11-22-12-9-18(10-13-23-17(3)15-24-5)20-14-19(21-4)8-7-16(20)2;11-5-8-3-7(4-9-10-8)6-1-2-6/h7-10,12-14,17,21,23H,6,11,15H2,1-5H3;3-6H,1-2H2/b13-10+,18-9+,22-12?;/t17-;/m1./s1. The summed E-state index contributed by atoms with van der Waals surface area (Å²) in [6, 6.07) is 8.47. The van der Waals surface area contributed by atoms with Gasteiger partial charge in [-0.15, -0.1) is 5.10 Å². The number of rotatable bonds is 12. The fourth-order valence-corrected chi connectivity index (χ4v) is 3.36. The number of ether oxygens (including phenoxy) is 1. The first-order valence-electron chi connectivity index (χ1n) is 12.2. The summed E-state index contributed by atoms with van der Waals surface area (Å²) in [5.41, 5.74) is 6.25. The second-order valence-electron chi connectivity index (χ2n) is 8.62. The molecule has 1 fully saturated rings. The van der Waals surface area contributed by atoms with Crippen molar-refractivity contribution in [3.8, 4) is 0 Å². The van der Waals surface area contributed by atoms with Gasteiger partial charge in [0, 0.05) is 38.6 Å². The van der Waals surface area contributed by atoms with Gasteiger partial charge in [0.2, 0.25) is 0 Å². The van der Waals surface area contributed by atoms with Crippen molar-refractivity contribution in [1.82, 2.24) is 15.5 Å². The van der Waals surface area contributed by atoms with Gasteiger partial charge in [0.1, 0.15) is 5.69 Å². The first-order valence-corrected chi connectivity index (χ1v) is 12.2. The molecule has 1 aromatic carbocycles. The Hall–Kier alpha value is -3.32. The largest absolute Gasteiger partial charge is 0.388 e. The molecule has 1 heterocycles. The molecule has 1 aliphatic rings. The first kappa shape index (κ1) is 27.9. The molecule has 0 unspecified atom stereocenters. The highest BCUT2D eigenvalue weighted by atomic mass is 16.5. The number of hydrogen-bond donors (Lipinski definition) is 2. The highest BCUT2D eigenvalue weighted by molar-refractivity contribution is 5.90. The molecule has 2 aromatic rings. The van der Waals surface area contributed by atoms with E-state index in [-0.39, 0.29) is 6.04 Å². The van der Waals surface area contributed by atoms with Crippen LogP contribution < -0.4 is 10.6 Å². The van der Waals surface area contributed by atoms with Crippen LogP contribution in [-0.2, 0) is 4.74 Å². The van der Waals surface area contributed by atoms with Gasteiger partial charge < -0.3 is 15.4 Å². The monoisotopic (exact) mass is 477 g/mol. The Morgan fingerprint density at radius 3 is 2.77 bits per heavy atom. The molecule has 1 aliphatic carbocycles. The van der Waals surface area contributed by atoms with Gasteiger partial charge in [-0.1, -0.05) is 13.0 Å². The molecule has 0 spiro atoms. The van der Waals surface area contributed by atoms with E-state index in [1.165, 1.54) is 24.0 Å². The van der Waals surface area contributed by atoms with E-state index in [9.17, 15) is 4.79 Å². The average Bonchev–Trinajstić information content (AvgIpc) is 3.72. The van der Waals surface area contributed by atoms with E-state index >= 15 is 0 Å². The Kier molecular flexibility index (Phi) is 12.4. The van der Waals surface area contributed by atoms with Crippen molar-refractivity contribution >= 4 is 23.8 Å². The molecule has 1 aromatic heterocycles. The Morgan fingerprint density at radius 1 is 1.31 bits per heavy atom. The minimum atomic E-state index is 0.269. The van der Waals surface area contributed by atoms with Crippen LogP contribution in [0.1, 0.15) is 66.2 Å². The molecule has 2 N–H and O–H groups in total. The van der Waals surface area contributed by atoms with Crippen LogP contribution in [-0.4, -0.2) is 56.0 Å². The zero-order valence-corrected chi connectivity index (χ0v) is 21.6. The van der Waals surface area contributed by atoms with Crippen LogP contribution >= 0.6 is 0 Å². The van der Waals surface area contributed by atoms with Crippen LogP contribution in [0.4, 0.5) is 5.69 Å². The number of nitrogens with one attached hydrogen (secondary N) is 2. The maximum absolute atomic E-state index is 10.3. The number of aldehydes is 1. The minimum Gasteiger partial charge on any atom is -0.388 e. The molecule has 0 saturated heterocycles. The van der Waals surface area contributed by atoms with E-state index in [0.29, 0.717) is 18.2 Å². The van der Waals surface area contributed by atoms with Crippen LogP contribution in [0.2, 0.25) is 0 Å². The van der Waals surface area contributed by atoms with Crippen LogP contribution in [0.3, 0.4) is 0 Å². The van der Waals surface area contributed by atoms with Gasteiger partial charge in [-0.05, 0) is 97.8 Å². The third-order valence-corrected chi connectivity index (χ3v) is 5.47. The summed E-state index contributed by atoms with van der Waals surface area (Å²) in [4.78, 5) is 14.7. The SMILES string of the molecule is CCCN=C/C=C(\C=C\N[C@H](C)COC)c1cc(NC)ccc1C.O=Cc1cc(C2CC2)cnn1. The minimum absolute atomic E-state index is 0.269. The lowest BCUT2D eigenvalue weighted by atomic mass is 9.99. The van der Waals surface area contributed by atoms with Gasteiger partial charge in [0.15, 0.2) is 6.29 Å². The summed E-state index contributed by atoms with van der Waals surface area (Å²) in [5, 5.41) is 13.9. The maximum Gasteiger partial charge on any atom is 0.170 e. The fourth-order valence-electron chi connectivity index (χ4n) is 3.36. The normalized spacial score (nSPS) is 14.5. The van der Waals surface area contributed by atoms with Crippen molar-refractivity contribution in [2.45, 2.75) is 52.0 Å². The van der Waals surface area contributed by atoms with Crippen LogP contribution in [0.5, 0.6) is 0 Å². The predicted octanol–water partition coefficient (Wildman–Crippen LogP) is 5.21. The van der Waals surface area contributed by atoms with E-state index in [2.05, 4.69) is 76.9 Å². The molecule has 7 nitrogen and oxygen atoms in total. The van der Waals surface area contributed by atoms with Crippen molar-refractivity contribution in [2.24, 2.45) is 4.99 Å². The smallest absolute Gasteiger partial charge is 0.170 e. The molecule has 0 bridgehead atoms. The maximum atomic E-state index is 10.3. The second kappa shape index (κ2) is 15.6. The molecule has 0 amide bonds. The number of methoxy groups -OCH3 is 1. The zero-order valence-electron chi connectivity index (χ0n) is 21.6. The third-order valence-electron chi connectivity index (χ3n) is 5.47. The van der Waals surface area contributed by atoms with Crippen molar-refractivity contribution in [2.75, 3.05) is 32.6 Å². The quantitative estimate of drug-likeness (QED) is 0.248. The van der Waals surface area contributed by atoms with Gasteiger partial charge in [-0.25, -0.2) is 0 Å². The summed E-state index contributed by atoms with van der Waals surface area (Å²) in [6.45, 7) is 7.87. The van der Waals surface area contributed by atoms with E-state index in [1.54, 1.807) is 13.3 Å². The topological polar surface area (TPSA) is 88.5 Å². The molecule has 7 heteroatoms. The van der Waals surface area contributed by atoms with Crippen LogP contribution in [0.25, 0.3) is 5.57 Å². The third kappa shape index (κ3) is 10.2. The summed E-state index contributed by atoms with van der Waals surface area (Å²) >= 11 is 0. The van der Waals surface area contributed by atoms with Crippen molar-refractivity contribution in [3.05, 3.63) is 71.2 Å². The van der Waals surface area contributed by atoms with Crippen molar-refractivity contribution in [3.63, 3.8) is 0 Å². The van der Waals surface area contributed by atoms with Gasteiger partial charge in [-0.2, -0.15) is 5.10 Å². The molecular weight excluding hydrogens is 438 g/mol. The van der Waals surface area contributed by atoms with Gasteiger partial charge in [0.25, 0.3) is 0 Å². The molecule has 3 rings (SSSR count). The van der Waals surface area contributed by atoms with E-state index in [0.717, 1.165) is 36.1 Å². The van der Waals surface area contributed by atoms with Crippen molar-refractivity contribution in [1.29, 1.82) is 0 Å². The molecular formula is C28H39N5O2. The van der Waals surface area contributed by atoms with E-state index in [4.69, 9.17) is 4.74 Å². The molecule has 0 radical (unpaired) electrons. The zero-order chi connectivity index (χ0) is 25.5.